The number of hydrogen-bond acceptors (Lipinski definition) is 4. The summed E-state index contributed by atoms with van der Waals surface area (Å²) in [6.45, 7) is 6.02. The lowest BCUT2D eigenvalue weighted by molar-refractivity contribution is -0.118. The van der Waals surface area contributed by atoms with Gasteiger partial charge >= 0.3 is 6.03 Å². The molecule has 0 unspecified atom stereocenters. The van der Waals surface area contributed by atoms with Gasteiger partial charge in [0.1, 0.15) is 23.7 Å². The van der Waals surface area contributed by atoms with Crippen LogP contribution in [0, 0.1) is 5.82 Å². The first kappa shape index (κ1) is 29.7. The molecule has 1 aromatic heterocycles. The smallest absolute Gasteiger partial charge is 0.318 e. The van der Waals surface area contributed by atoms with Crippen LogP contribution >= 0.6 is 0 Å². The van der Waals surface area contributed by atoms with Gasteiger partial charge in [0, 0.05) is 61.2 Å². The number of H-pyrrole nitrogens is 1. The van der Waals surface area contributed by atoms with Crippen molar-refractivity contribution < 1.29 is 18.7 Å². The highest BCUT2D eigenvalue weighted by Gasteiger charge is 2.33. The Morgan fingerprint density at radius 1 is 0.977 bits per heavy atom. The molecule has 0 radical (unpaired) electrons. The Bertz CT molecular complexity index is 1570. The second-order valence-corrected chi connectivity index (χ2v) is 11.9. The van der Waals surface area contributed by atoms with E-state index in [1.54, 1.807) is 17.0 Å². The Labute approximate surface area is 257 Å². The number of carbonyl (C=O) groups is 2. The maximum atomic E-state index is 13.9. The number of nitrogens with one attached hydrogen (secondary N) is 3. The summed E-state index contributed by atoms with van der Waals surface area (Å²) >= 11 is 0. The van der Waals surface area contributed by atoms with Crippen molar-refractivity contribution in [3.05, 3.63) is 95.9 Å². The molecular weight excluding hydrogens is 557 g/mol. The van der Waals surface area contributed by atoms with Gasteiger partial charge in [-0.1, -0.05) is 37.3 Å². The number of fused-ring (bicyclic) bond motifs is 1. The summed E-state index contributed by atoms with van der Waals surface area (Å²) in [5.41, 5.74) is 3.82. The number of hydrogen-bond donors (Lipinski definition) is 3. The van der Waals surface area contributed by atoms with E-state index in [1.165, 1.54) is 25.0 Å². The summed E-state index contributed by atoms with van der Waals surface area (Å²) in [6.07, 6.45) is 5.59. The number of carbonyl (C=O) groups excluding carboxylic acids is 2. The fourth-order valence-electron chi connectivity index (χ4n) is 6.34. The van der Waals surface area contributed by atoms with E-state index in [9.17, 15) is 14.0 Å². The highest BCUT2D eigenvalue weighted by Crippen LogP contribution is 2.29. The van der Waals surface area contributed by atoms with Crippen molar-refractivity contribution >= 4 is 28.5 Å². The summed E-state index contributed by atoms with van der Waals surface area (Å²) in [4.78, 5) is 35.0. The molecule has 3 N–H and O–H groups in total. The van der Waals surface area contributed by atoms with Crippen LogP contribution in [0.15, 0.2) is 79.0 Å². The summed E-state index contributed by atoms with van der Waals surface area (Å²) in [5.74, 6) is -0.256. The Kier molecular flexibility index (Phi) is 9.12. The van der Waals surface area contributed by atoms with Gasteiger partial charge < -0.3 is 25.3 Å². The minimum Gasteiger partial charge on any atom is -0.490 e. The van der Waals surface area contributed by atoms with Crippen LogP contribution in [0.25, 0.3) is 10.9 Å². The number of piperidine rings is 1. The van der Waals surface area contributed by atoms with Gasteiger partial charge in [0.05, 0.1) is 0 Å². The van der Waals surface area contributed by atoms with Crippen molar-refractivity contribution in [2.45, 2.75) is 57.2 Å². The maximum Gasteiger partial charge on any atom is 0.318 e. The van der Waals surface area contributed by atoms with Crippen molar-refractivity contribution in [3.8, 4) is 5.75 Å². The Hall–Kier alpha value is -4.37. The standard InChI is InChI=1S/C35H40FN5O3/c1-24(31-22-37-32-10-3-2-9-30(31)32)33(34(42)38-27-8-6-7-25(21-27)23-40-17-4-5-18-40)39-35(43)41-19-15-29(16-20-41)44-28-13-11-26(36)12-14-28/h2-3,6-14,21-22,24,29,33,37H,4-5,15-20,23H2,1H3,(H,38,42)(H,39,43)/t24-,33-/m1/s1. The first-order valence-corrected chi connectivity index (χ1v) is 15.6. The van der Waals surface area contributed by atoms with Crippen molar-refractivity contribution in [3.63, 3.8) is 0 Å². The number of para-hydroxylation sites is 1. The van der Waals surface area contributed by atoms with Crippen LogP contribution in [-0.2, 0) is 11.3 Å². The van der Waals surface area contributed by atoms with Gasteiger partial charge in [-0.05, 0) is 79.5 Å². The number of rotatable bonds is 9. The Morgan fingerprint density at radius 2 is 1.73 bits per heavy atom. The van der Waals surface area contributed by atoms with Crippen molar-refractivity contribution in [2.24, 2.45) is 0 Å². The van der Waals surface area contributed by atoms with Crippen LogP contribution in [-0.4, -0.2) is 65.0 Å². The summed E-state index contributed by atoms with van der Waals surface area (Å²) in [5, 5.41) is 7.20. The normalized spacial score (nSPS) is 17.4. The number of benzene rings is 3. The molecule has 2 saturated heterocycles. The van der Waals surface area contributed by atoms with Gasteiger partial charge in [0.2, 0.25) is 5.91 Å². The number of anilines is 1. The zero-order valence-corrected chi connectivity index (χ0v) is 25.1. The molecule has 230 valence electrons. The molecule has 3 heterocycles. The molecule has 4 aromatic rings. The average Bonchev–Trinajstić information content (AvgIpc) is 3.71. The molecule has 3 amide bonds. The molecule has 0 aliphatic carbocycles. The third-order valence-corrected chi connectivity index (χ3v) is 8.82. The minimum absolute atomic E-state index is 0.0680. The molecule has 2 atom stereocenters. The first-order chi connectivity index (χ1) is 21.4. The number of halogens is 1. The fourth-order valence-corrected chi connectivity index (χ4v) is 6.34. The molecule has 3 aromatic carbocycles. The molecule has 44 heavy (non-hydrogen) atoms. The average molecular weight is 598 g/mol. The van der Waals surface area contributed by atoms with E-state index in [0.717, 1.165) is 47.4 Å². The predicted molar refractivity (Wildman–Crippen MR) is 170 cm³/mol. The van der Waals surface area contributed by atoms with Crippen LogP contribution in [0.5, 0.6) is 5.75 Å². The topological polar surface area (TPSA) is 89.7 Å². The molecule has 8 nitrogen and oxygen atoms in total. The van der Waals surface area contributed by atoms with Crippen LogP contribution in [0.2, 0.25) is 0 Å². The molecule has 2 aliphatic rings. The molecule has 2 aliphatic heterocycles. The van der Waals surface area contributed by atoms with E-state index >= 15 is 0 Å². The summed E-state index contributed by atoms with van der Waals surface area (Å²) in [7, 11) is 0. The number of likely N-dealkylation sites (tertiary alicyclic amines) is 2. The zero-order valence-electron chi connectivity index (χ0n) is 25.1. The van der Waals surface area contributed by atoms with E-state index in [0.29, 0.717) is 31.7 Å². The van der Waals surface area contributed by atoms with E-state index in [2.05, 4.69) is 26.6 Å². The predicted octanol–water partition coefficient (Wildman–Crippen LogP) is 6.27. The number of nitrogens with zero attached hydrogens (tertiary/aromatic N) is 2. The Balaban J connectivity index is 1.15. The second-order valence-electron chi connectivity index (χ2n) is 11.9. The monoisotopic (exact) mass is 597 g/mol. The third kappa shape index (κ3) is 7.05. The highest BCUT2D eigenvalue weighted by atomic mass is 19.1. The quantitative estimate of drug-likeness (QED) is 0.212. The molecule has 0 spiro atoms. The van der Waals surface area contributed by atoms with Crippen LogP contribution in [0.1, 0.15) is 49.7 Å². The van der Waals surface area contributed by atoms with Gasteiger partial charge in [-0.15, -0.1) is 0 Å². The van der Waals surface area contributed by atoms with Crippen LogP contribution in [0.4, 0.5) is 14.9 Å². The van der Waals surface area contributed by atoms with Gasteiger partial charge in [0.25, 0.3) is 0 Å². The van der Waals surface area contributed by atoms with Crippen LogP contribution < -0.4 is 15.4 Å². The highest BCUT2D eigenvalue weighted by molar-refractivity contribution is 5.98. The Morgan fingerprint density at radius 3 is 2.50 bits per heavy atom. The molecular formula is C35H40FN5O3. The third-order valence-electron chi connectivity index (χ3n) is 8.82. The van der Waals surface area contributed by atoms with Gasteiger partial charge in [-0.25, -0.2) is 9.18 Å². The number of amides is 3. The summed E-state index contributed by atoms with van der Waals surface area (Å²) < 4.78 is 19.3. The lowest BCUT2D eigenvalue weighted by atomic mass is 9.92. The van der Waals surface area contributed by atoms with Gasteiger partial charge in [-0.2, -0.15) is 0 Å². The molecule has 2 fully saturated rings. The van der Waals surface area contributed by atoms with Crippen molar-refractivity contribution in [2.75, 3.05) is 31.5 Å². The molecule has 0 bridgehead atoms. The molecule has 9 heteroatoms. The van der Waals surface area contributed by atoms with Gasteiger partial charge in [-0.3, -0.25) is 9.69 Å². The largest absolute Gasteiger partial charge is 0.490 e. The van der Waals surface area contributed by atoms with E-state index in [1.807, 2.05) is 55.6 Å². The van der Waals surface area contributed by atoms with E-state index in [-0.39, 0.29) is 29.8 Å². The number of ether oxygens (including phenoxy) is 1. The zero-order chi connectivity index (χ0) is 30.5. The van der Waals surface area contributed by atoms with E-state index < -0.39 is 6.04 Å². The minimum atomic E-state index is -0.808. The SMILES string of the molecule is C[C@H](c1c[nH]c2ccccc12)[C@@H](NC(=O)N1CCC(Oc2ccc(F)cc2)CC1)C(=O)Nc1cccc(CN2CCCC2)c1. The number of urea groups is 1. The molecule has 6 rings (SSSR count). The van der Waals surface area contributed by atoms with Crippen LogP contribution in [0.3, 0.4) is 0 Å². The lowest BCUT2D eigenvalue weighted by Gasteiger charge is -2.34. The van der Waals surface area contributed by atoms with Gasteiger partial charge in [0.15, 0.2) is 0 Å². The molecule has 0 saturated carbocycles. The van der Waals surface area contributed by atoms with Crippen molar-refractivity contribution in [1.82, 2.24) is 20.1 Å². The van der Waals surface area contributed by atoms with E-state index in [4.69, 9.17) is 4.74 Å². The lowest BCUT2D eigenvalue weighted by Crippen LogP contribution is -2.53. The number of aromatic amines is 1. The second kappa shape index (κ2) is 13.5. The first-order valence-electron chi connectivity index (χ1n) is 15.6. The number of aromatic nitrogens is 1. The maximum absolute atomic E-state index is 13.9. The summed E-state index contributed by atoms with van der Waals surface area (Å²) in [6, 6.07) is 20.9. The van der Waals surface area contributed by atoms with Crippen molar-refractivity contribution in [1.29, 1.82) is 0 Å². The fraction of sp³-hybridized carbons (Fsp3) is 0.371.